The van der Waals surface area contributed by atoms with Crippen molar-refractivity contribution in [3.05, 3.63) is 63.6 Å². The van der Waals surface area contributed by atoms with Crippen LogP contribution in [-0.2, 0) is 12.8 Å². The van der Waals surface area contributed by atoms with E-state index in [2.05, 4.69) is 27.3 Å². The Kier molecular flexibility index (Phi) is 4.30. The van der Waals surface area contributed by atoms with E-state index in [1.807, 2.05) is 18.2 Å². The van der Waals surface area contributed by atoms with Gasteiger partial charge in [-0.15, -0.1) is 0 Å². The van der Waals surface area contributed by atoms with Crippen LogP contribution in [0.1, 0.15) is 34.5 Å². The van der Waals surface area contributed by atoms with Crippen molar-refractivity contribution < 1.29 is 4.79 Å². The monoisotopic (exact) mass is 337 g/mol. The zero-order valence-electron chi connectivity index (χ0n) is 14.3. The van der Waals surface area contributed by atoms with Gasteiger partial charge in [0.1, 0.15) is 5.56 Å². The molecule has 2 aliphatic rings. The summed E-state index contributed by atoms with van der Waals surface area (Å²) in [5, 5.41) is 2.96. The molecule has 5 nitrogen and oxygen atoms in total. The lowest BCUT2D eigenvalue weighted by Gasteiger charge is -2.18. The molecule has 1 atom stereocenters. The first kappa shape index (κ1) is 15.9. The van der Waals surface area contributed by atoms with Crippen LogP contribution in [0.4, 0.5) is 5.69 Å². The molecule has 25 heavy (non-hydrogen) atoms. The maximum atomic E-state index is 12.4. The number of hydrogen-bond acceptors (Lipinski definition) is 3. The summed E-state index contributed by atoms with van der Waals surface area (Å²) in [6, 6.07) is 12.1. The molecule has 0 unspecified atom stereocenters. The molecule has 0 bridgehead atoms. The Labute approximate surface area is 147 Å². The minimum Gasteiger partial charge on any atom is -0.371 e. The second kappa shape index (κ2) is 6.75. The van der Waals surface area contributed by atoms with Gasteiger partial charge in [-0.2, -0.15) is 0 Å². The Morgan fingerprint density at radius 3 is 2.92 bits per heavy atom. The summed E-state index contributed by atoms with van der Waals surface area (Å²) < 4.78 is 0. The van der Waals surface area contributed by atoms with E-state index in [4.69, 9.17) is 0 Å². The zero-order valence-corrected chi connectivity index (χ0v) is 14.3. The smallest absolute Gasteiger partial charge is 0.261 e. The van der Waals surface area contributed by atoms with E-state index in [-0.39, 0.29) is 17.0 Å². The molecule has 1 saturated heterocycles. The van der Waals surface area contributed by atoms with Crippen LogP contribution in [0.3, 0.4) is 0 Å². The number of pyridine rings is 1. The molecule has 4 rings (SSSR count). The van der Waals surface area contributed by atoms with Gasteiger partial charge >= 0.3 is 0 Å². The lowest BCUT2D eigenvalue weighted by Crippen LogP contribution is -2.34. The highest BCUT2D eigenvalue weighted by atomic mass is 16.2. The first-order chi connectivity index (χ1) is 12.2. The molecular formula is C20H23N3O2. The number of para-hydroxylation sites is 1. The highest BCUT2D eigenvalue weighted by Gasteiger charge is 2.24. The standard InChI is InChI=1S/C20H23N3O2/c24-19(17-11-15-5-4-8-18(15)22-20(17)25)21-12-14-9-10-23(13-14)16-6-2-1-3-7-16/h1-3,6-7,11,14H,4-5,8-10,12-13H2,(H,21,24)(H,22,25)/t14-/m0/s1. The fourth-order valence-electron chi connectivity index (χ4n) is 3.89. The van der Waals surface area contributed by atoms with E-state index in [1.54, 1.807) is 6.07 Å². The number of nitrogens with one attached hydrogen (secondary N) is 2. The summed E-state index contributed by atoms with van der Waals surface area (Å²) in [5.41, 5.74) is 3.32. The summed E-state index contributed by atoms with van der Waals surface area (Å²) in [5.74, 6) is 0.159. The van der Waals surface area contributed by atoms with Crippen molar-refractivity contribution in [3.8, 4) is 0 Å². The van der Waals surface area contributed by atoms with E-state index in [1.165, 1.54) is 5.69 Å². The van der Waals surface area contributed by atoms with Gasteiger partial charge in [0, 0.05) is 31.0 Å². The topological polar surface area (TPSA) is 65.2 Å². The Hall–Kier alpha value is -2.56. The van der Waals surface area contributed by atoms with E-state index in [9.17, 15) is 9.59 Å². The van der Waals surface area contributed by atoms with Crippen molar-refractivity contribution in [2.75, 3.05) is 24.5 Å². The van der Waals surface area contributed by atoms with Crippen LogP contribution >= 0.6 is 0 Å². The van der Waals surface area contributed by atoms with Gasteiger partial charge in [0.25, 0.3) is 11.5 Å². The molecule has 130 valence electrons. The van der Waals surface area contributed by atoms with E-state index < -0.39 is 0 Å². The average molecular weight is 337 g/mol. The molecule has 1 aliphatic carbocycles. The lowest BCUT2D eigenvalue weighted by atomic mass is 10.1. The summed E-state index contributed by atoms with van der Waals surface area (Å²) in [6.07, 6.45) is 3.95. The van der Waals surface area contributed by atoms with Gasteiger partial charge < -0.3 is 15.2 Å². The van der Waals surface area contributed by atoms with Gasteiger partial charge in [-0.1, -0.05) is 18.2 Å². The van der Waals surface area contributed by atoms with Crippen LogP contribution in [0.5, 0.6) is 0 Å². The maximum Gasteiger partial charge on any atom is 0.261 e. The van der Waals surface area contributed by atoms with Gasteiger partial charge in [-0.25, -0.2) is 0 Å². The Morgan fingerprint density at radius 2 is 2.08 bits per heavy atom. The van der Waals surface area contributed by atoms with E-state index >= 15 is 0 Å². The third-order valence-electron chi connectivity index (χ3n) is 5.29. The molecule has 1 aliphatic heterocycles. The van der Waals surface area contributed by atoms with Crippen LogP contribution in [0.2, 0.25) is 0 Å². The van der Waals surface area contributed by atoms with Crippen molar-refractivity contribution in [1.29, 1.82) is 0 Å². The van der Waals surface area contributed by atoms with Crippen molar-refractivity contribution in [2.24, 2.45) is 5.92 Å². The number of carbonyl (C=O) groups is 1. The highest BCUT2D eigenvalue weighted by molar-refractivity contribution is 5.94. The molecule has 0 saturated carbocycles. The van der Waals surface area contributed by atoms with Gasteiger partial charge in [0.15, 0.2) is 0 Å². The van der Waals surface area contributed by atoms with Crippen LogP contribution in [0.25, 0.3) is 0 Å². The molecule has 1 amide bonds. The molecule has 2 N–H and O–H groups in total. The number of H-pyrrole nitrogens is 1. The maximum absolute atomic E-state index is 12.4. The minimum atomic E-state index is -0.268. The quantitative estimate of drug-likeness (QED) is 0.898. The number of rotatable bonds is 4. The number of carbonyl (C=O) groups excluding carboxylic acids is 1. The SMILES string of the molecule is O=C(NC[C@@H]1CCN(c2ccccc2)C1)c1cc2c([nH]c1=O)CCC2. The second-order valence-electron chi connectivity index (χ2n) is 7.02. The van der Waals surface area contributed by atoms with Crippen molar-refractivity contribution in [3.63, 3.8) is 0 Å². The number of nitrogens with zero attached hydrogens (tertiary/aromatic N) is 1. The normalized spacial score (nSPS) is 19.0. The first-order valence-electron chi connectivity index (χ1n) is 9.04. The van der Waals surface area contributed by atoms with Crippen molar-refractivity contribution in [1.82, 2.24) is 10.3 Å². The Bertz CT molecular complexity index is 829. The molecule has 1 aromatic heterocycles. The number of fused-ring (bicyclic) bond motifs is 1. The van der Waals surface area contributed by atoms with E-state index in [0.29, 0.717) is 12.5 Å². The number of aromatic nitrogens is 1. The number of amides is 1. The number of hydrogen-bond donors (Lipinski definition) is 2. The number of aromatic amines is 1. The molecule has 1 fully saturated rings. The minimum absolute atomic E-state index is 0.249. The van der Waals surface area contributed by atoms with Gasteiger partial charge in [0.2, 0.25) is 0 Å². The first-order valence-corrected chi connectivity index (χ1v) is 9.04. The molecule has 0 radical (unpaired) electrons. The molecular weight excluding hydrogens is 314 g/mol. The number of anilines is 1. The predicted octanol–water partition coefficient (Wildman–Crippen LogP) is 2.12. The number of aryl methyl sites for hydroxylation is 2. The van der Waals surface area contributed by atoms with Gasteiger partial charge in [0.05, 0.1) is 0 Å². The molecule has 5 heteroatoms. The fourth-order valence-corrected chi connectivity index (χ4v) is 3.89. The molecule has 2 aromatic rings. The van der Waals surface area contributed by atoms with Crippen molar-refractivity contribution in [2.45, 2.75) is 25.7 Å². The average Bonchev–Trinajstić information content (AvgIpc) is 3.28. The third-order valence-corrected chi connectivity index (χ3v) is 5.29. The zero-order chi connectivity index (χ0) is 17.2. The Balaban J connectivity index is 1.36. The summed E-state index contributed by atoms with van der Waals surface area (Å²) >= 11 is 0. The molecule has 0 spiro atoms. The van der Waals surface area contributed by atoms with Crippen molar-refractivity contribution >= 4 is 11.6 Å². The van der Waals surface area contributed by atoms with Gasteiger partial charge in [-0.3, -0.25) is 9.59 Å². The van der Waals surface area contributed by atoms with Gasteiger partial charge in [-0.05, 0) is 55.4 Å². The number of benzene rings is 1. The predicted molar refractivity (Wildman–Crippen MR) is 98.2 cm³/mol. The summed E-state index contributed by atoms with van der Waals surface area (Å²) in [4.78, 5) is 29.8. The Morgan fingerprint density at radius 1 is 1.24 bits per heavy atom. The van der Waals surface area contributed by atoms with E-state index in [0.717, 1.165) is 50.0 Å². The summed E-state index contributed by atoms with van der Waals surface area (Å²) in [6.45, 7) is 2.55. The molecule has 1 aromatic carbocycles. The van der Waals surface area contributed by atoms with Crippen LogP contribution < -0.4 is 15.8 Å². The second-order valence-corrected chi connectivity index (χ2v) is 7.02. The largest absolute Gasteiger partial charge is 0.371 e. The van der Waals surface area contributed by atoms with Crippen LogP contribution in [0, 0.1) is 5.92 Å². The summed E-state index contributed by atoms with van der Waals surface area (Å²) in [7, 11) is 0. The highest BCUT2D eigenvalue weighted by Crippen LogP contribution is 2.23. The fraction of sp³-hybridized carbons (Fsp3) is 0.400. The van der Waals surface area contributed by atoms with Crippen LogP contribution in [-0.4, -0.2) is 30.5 Å². The van der Waals surface area contributed by atoms with Crippen LogP contribution in [0.15, 0.2) is 41.2 Å². The lowest BCUT2D eigenvalue weighted by molar-refractivity contribution is 0.0946. The molecule has 2 heterocycles. The third kappa shape index (κ3) is 3.31.